The Morgan fingerprint density at radius 3 is 2.09 bits per heavy atom. The van der Waals surface area contributed by atoms with Gasteiger partial charge in [0.25, 0.3) is 0 Å². The molecule has 2 aromatic rings. The monoisotopic (exact) mass is 481 g/mol. The molecule has 2 amide bonds. The van der Waals surface area contributed by atoms with E-state index in [0.29, 0.717) is 13.0 Å². The van der Waals surface area contributed by atoms with E-state index < -0.39 is 30.1 Å². The minimum absolute atomic E-state index is 0.0913. The Hall–Kier alpha value is -3.39. The summed E-state index contributed by atoms with van der Waals surface area (Å²) in [6, 6.07) is 14.2. The van der Waals surface area contributed by atoms with E-state index in [0.717, 1.165) is 22.3 Å². The first-order chi connectivity index (χ1) is 16.7. The molecular weight excluding hydrogens is 446 g/mol. The normalized spacial score (nSPS) is 15.0. The van der Waals surface area contributed by atoms with Crippen LogP contribution in [-0.4, -0.2) is 67.3 Å². The summed E-state index contributed by atoms with van der Waals surface area (Å²) in [6.45, 7) is 4.38. The molecule has 1 aliphatic rings. The summed E-state index contributed by atoms with van der Waals surface area (Å²) in [7, 11) is 3.67. The summed E-state index contributed by atoms with van der Waals surface area (Å²) in [5.41, 5.74) is 4.46. The molecule has 1 aliphatic carbocycles. The Kier molecular flexibility index (Phi) is 8.87. The predicted molar refractivity (Wildman–Crippen MR) is 134 cm³/mol. The average molecular weight is 482 g/mol. The van der Waals surface area contributed by atoms with Crippen LogP contribution in [0.25, 0.3) is 11.1 Å². The molecule has 188 valence electrons. The average Bonchev–Trinajstić information content (AvgIpc) is 3.16. The number of alkyl carbamates (subject to hydrolysis) is 1. The van der Waals surface area contributed by atoms with Gasteiger partial charge in [-0.25, -0.2) is 9.59 Å². The van der Waals surface area contributed by atoms with Crippen LogP contribution < -0.4 is 10.6 Å². The molecule has 0 heterocycles. The van der Waals surface area contributed by atoms with Crippen LogP contribution in [0.1, 0.15) is 43.7 Å². The van der Waals surface area contributed by atoms with Crippen molar-refractivity contribution in [2.24, 2.45) is 5.92 Å². The number of rotatable bonds is 11. The topological polar surface area (TPSA) is 108 Å². The zero-order valence-corrected chi connectivity index (χ0v) is 20.8. The van der Waals surface area contributed by atoms with Crippen molar-refractivity contribution in [3.05, 3.63) is 59.7 Å². The molecule has 8 heteroatoms. The van der Waals surface area contributed by atoms with Crippen LogP contribution in [0.5, 0.6) is 0 Å². The van der Waals surface area contributed by atoms with E-state index in [-0.39, 0.29) is 24.9 Å². The van der Waals surface area contributed by atoms with Gasteiger partial charge in [0.2, 0.25) is 5.91 Å². The number of hydrogen-bond donors (Lipinski definition) is 3. The summed E-state index contributed by atoms with van der Waals surface area (Å²) < 4.78 is 5.59. The fourth-order valence-corrected chi connectivity index (χ4v) is 4.38. The van der Waals surface area contributed by atoms with Crippen LogP contribution in [0.3, 0.4) is 0 Å². The Morgan fingerprint density at radius 2 is 1.57 bits per heavy atom. The molecule has 0 spiro atoms. The van der Waals surface area contributed by atoms with Gasteiger partial charge in [-0.3, -0.25) is 4.79 Å². The maximum absolute atomic E-state index is 13.0. The molecule has 0 fully saturated rings. The minimum atomic E-state index is -1.11. The van der Waals surface area contributed by atoms with E-state index in [9.17, 15) is 19.5 Å². The van der Waals surface area contributed by atoms with Crippen molar-refractivity contribution < 1.29 is 24.2 Å². The number of carbonyl (C=O) groups excluding carboxylic acids is 2. The number of fused-ring (bicyclic) bond motifs is 3. The lowest BCUT2D eigenvalue weighted by Crippen LogP contribution is -2.54. The lowest BCUT2D eigenvalue weighted by Gasteiger charge is -2.26. The summed E-state index contributed by atoms with van der Waals surface area (Å²) in [5, 5.41) is 14.8. The van der Waals surface area contributed by atoms with Crippen LogP contribution in [0, 0.1) is 5.92 Å². The smallest absolute Gasteiger partial charge is 0.407 e. The number of nitrogens with zero attached hydrogens (tertiary/aromatic N) is 1. The molecule has 35 heavy (non-hydrogen) atoms. The van der Waals surface area contributed by atoms with Gasteiger partial charge >= 0.3 is 12.1 Å². The van der Waals surface area contributed by atoms with E-state index in [4.69, 9.17) is 4.74 Å². The Labute approximate surface area is 206 Å². The van der Waals surface area contributed by atoms with Gasteiger partial charge in [0.1, 0.15) is 18.7 Å². The molecule has 0 saturated carbocycles. The SMILES string of the molecule is CCC(C)[C@H](NC(=O)OCC1c2ccccc2-c2ccccc21)C(=O)NC(CCN(C)C)C(=O)O. The summed E-state index contributed by atoms with van der Waals surface area (Å²) >= 11 is 0. The zero-order chi connectivity index (χ0) is 25.5. The highest BCUT2D eigenvalue weighted by Gasteiger charge is 2.32. The molecule has 0 bridgehead atoms. The van der Waals surface area contributed by atoms with Crippen molar-refractivity contribution in [1.29, 1.82) is 0 Å². The van der Waals surface area contributed by atoms with Gasteiger partial charge < -0.3 is 25.4 Å². The molecule has 0 aliphatic heterocycles. The number of carboxylic acid groups (broad SMARTS) is 1. The quantitative estimate of drug-likeness (QED) is 0.454. The second-order valence-electron chi connectivity index (χ2n) is 9.32. The Balaban J connectivity index is 1.66. The van der Waals surface area contributed by atoms with Crippen molar-refractivity contribution in [2.45, 2.75) is 44.7 Å². The van der Waals surface area contributed by atoms with Gasteiger partial charge in [-0.15, -0.1) is 0 Å². The number of benzene rings is 2. The third-order valence-corrected chi connectivity index (χ3v) is 6.59. The second-order valence-corrected chi connectivity index (χ2v) is 9.32. The van der Waals surface area contributed by atoms with Gasteiger partial charge in [0.05, 0.1) is 0 Å². The molecule has 3 N–H and O–H groups in total. The molecule has 3 rings (SSSR count). The van der Waals surface area contributed by atoms with Gasteiger partial charge in [0.15, 0.2) is 0 Å². The highest BCUT2D eigenvalue weighted by atomic mass is 16.5. The molecule has 2 unspecified atom stereocenters. The van der Waals surface area contributed by atoms with Crippen LogP contribution in [0.2, 0.25) is 0 Å². The third-order valence-electron chi connectivity index (χ3n) is 6.59. The van der Waals surface area contributed by atoms with Crippen LogP contribution in [-0.2, 0) is 14.3 Å². The van der Waals surface area contributed by atoms with Gasteiger partial charge in [0, 0.05) is 12.5 Å². The van der Waals surface area contributed by atoms with Gasteiger partial charge in [-0.1, -0.05) is 68.8 Å². The Bertz CT molecular complexity index is 1010. The molecule has 0 aromatic heterocycles. The second kappa shape index (κ2) is 11.8. The van der Waals surface area contributed by atoms with Crippen molar-refractivity contribution >= 4 is 18.0 Å². The van der Waals surface area contributed by atoms with Crippen molar-refractivity contribution in [2.75, 3.05) is 27.2 Å². The maximum atomic E-state index is 13.0. The van der Waals surface area contributed by atoms with Crippen LogP contribution >= 0.6 is 0 Å². The number of amides is 2. The number of carbonyl (C=O) groups is 3. The number of carboxylic acids is 1. The maximum Gasteiger partial charge on any atom is 0.407 e. The van der Waals surface area contributed by atoms with Crippen molar-refractivity contribution in [1.82, 2.24) is 15.5 Å². The first kappa shape index (κ1) is 26.2. The molecule has 0 saturated heterocycles. The molecule has 0 radical (unpaired) electrons. The van der Waals surface area contributed by atoms with E-state index in [1.807, 2.05) is 69.2 Å². The van der Waals surface area contributed by atoms with Crippen LogP contribution in [0.15, 0.2) is 48.5 Å². The van der Waals surface area contributed by atoms with E-state index in [1.165, 1.54) is 0 Å². The summed E-state index contributed by atoms with van der Waals surface area (Å²) in [5.74, 6) is -1.94. The van der Waals surface area contributed by atoms with E-state index in [2.05, 4.69) is 22.8 Å². The molecular formula is C27H35N3O5. The summed E-state index contributed by atoms with van der Waals surface area (Å²) in [6.07, 6.45) is 0.177. The first-order valence-corrected chi connectivity index (χ1v) is 12.0. The highest BCUT2D eigenvalue weighted by Crippen LogP contribution is 2.44. The van der Waals surface area contributed by atoms with E-state index >= 15 is 0 Å². The first-order valence-electron chi connectivity index (χ1n) is 12.0. The fraction of sp³-hybridized carbons (Fsp3) is 0.444. The Morgan fingerprint density at radius 1 is 1.00 bits per heavy atom. The lowest BCUT2D eigenvalue weighted by molar-refractivity contribution is -0.142. The largest absolute Gasteiger partial charge is 0.480 e. The van der Waals surface area contributed by atoms with Gasteiger partial charge in [-0.2, -0.15) is 0 Å². The van der Waals surface area contributed by atoms with E-state index in [1.54, 1.807) is 0 Å². The van der Waals surface area contributed by atoms with Crippen molar-refractivity contribution in [3.8, 4) is 11.1 Å². The lowest BCUT2D eigenvalue weighted by atomic mass is 9.97. The van der Waals surface area contributed by atoms with Gasteiger partial charge in [-0.05, 0) is 48.7 Å². The standard InChI is InChI=1S/C27H35N3O5/c1-5-17(2)24(25(31)28-23(26(32)33)14-15-30(3)4)29-27(34)35-16-22-20-12-8-6-10-18(20)19-11-7-9-13-21(19)22/h6-13,17,22-24H,5,14-16H2,1-4H3,(H,28,31)(H,29,34)(H,32,33)/t17?,23?,24-/m0/s1. The molecule has 8 nitrogen and oxygen atoms in total. The number of aliphatic carboxylic acids is 1. The minimum Gasteiger partial charge on any atom is -0.480 e. The predicted octanol–water partition coefficient (Wildman–Crippen LogP) is 3.46. The summed E-state index contributed by atoms with van der Waals surface area (Å²) in [4.78, 5) is 39.2. The number of nitrogens with one attached hydrogen (secondary N) is 2. The highest BCUT2D eigenvalue weighted by molar-refractivity contribution is 5.89. The van der Waals surface area contributed by atoms with Crippen molar-refractivity contribution in [3.63, 3.8) is 0 Å². The fourth-order valence-electron chi connectivity index (χ4n) is 4.38. The zero-order valence-electron chi connectivity index (χ0n) is 20.8. The molecule has 2 aromatic carbocycles. The molecule has 3 atom stereocenters. The number of ether oxygens (including phenoxy) is 1. The van der Waals surface area contributed by atoms with Crippen LogP contribution in [0.4, 0.5) is 4.79 Å². The number of hydrogen-bond acceptors (Lipinski definition) is 5. The third kappa shape index (κ3) is 6.39.